The Balaban J connectivity index is 1.41. The van der Waals surface area contributed by atoms with Crippen LogP contribution in [0.15, 0.2) is 42.5 Å². The van der Waals surface area contributed by atoms with E-state index in [1.54, 1.807) is 0 Å². The maximum Gasteiger partial charge on any atom is 0.0233 e. The van der Waals surface area contributed by atoms with E-state index in [9.17, 15) is 0 Å². The summed E-state index contributed by atoms with van der Waals surface area (Å²) in [6.07, 6.45) is 11.1. The van der Waals surface area contributed by atoms with Crippen molar-refractivity contribution in [1.82, 2.24) is 10.2 Å². The molecule has 0 aromatic heterocycles. The average molecular weight is 270 g/mol. The highest BCUT2D eigenvalue weighted by atomic mass is 15.1. The van der Waals surface area contributed by atoms with Crippen LogP contribution in [0, 0.1) is 0 Å². The van der Waals surface area contributed by atoms with Crippen LogP contribution >= 0.6 is 0 Å². The summed E-state index contributed by atoms with van der Waals surface area (Å²) in [6, 6.07) is 12.3. The Kier molecular flexibility index (Phi) is 4.88. The second-order valence-electron chi connectivity index (χ2n) is 6.18. The van der Waals surface area contributed by atoms with E-state index in [1.807, 2.05) is 0 Å². The summed E-state index contributed by atoms with van der Waals surface area (Å²) in [5.74, 6) is 0. The second kappa shape index (κ2) is 7.05. The molecule has 2 nitrogen and oxygen atoms in total. The zero-order valence-electron chi connectivity index (χ0n) is 12.3. The molecule has 0 radical (unpaired) electrons. The van der Waals surface area contributed by atoms with Crippen LogP contribution in [0.25, 0.3) is 0 Å². The molecule has 1 fully saturated rings. The molecule has 0 amide bonds. The molecule has 1 atom stereocenters. The molecule has 1 aromatic carbocycles. The summed E-state index contributed by atoms with van der Waals surface area (Å²) >= 11 is 0. The van der Waals surface area contributed by atoms with Gasteiger partial charge in [0.2, 0.25) is 0 Å². The Labute approximate surface area is 122 Å². The van der Waals surface area contributed by atoms with Gasteiger partial charge in [-0.05, 0) is 50.8 Å². The Morgan fingerprint density at radius 1 is 0.950 bits per heavy atom. The second-order valence-corrected chi connectivity index (χ2v) is 6.18. The monoisotopic (exact) mass is 270 g/mol. The van der Waals surface area contributed by atoms with Gasteiger partial charge in [-0.2, -0.15) is 0 Å². The van der Waals surface area contributed by atoms with Gasteiger partial charge in [0.25, 0.3) is 0 Å². The fourth-order valence-corrected chi connectivity index (χ4v) is 3.38. The van der Waals surface area contributed by atoms with Gasteiger partial charge in [0, 0.05) is 18.6 Å². The number of piperidine rings is 1. The minimum Gasteiger partial charge on any atom is -0.311 e. The highest BCUT2D eigenvalue weighted by Crippen LogP contribution is 2.17. The molecule has 20 heavy (non-hydrogen) atoms. The van der Waals surface area contributed by atoms with Crippen LogP contribution in [0.2, 0.25) is 0 Å². The zero-order valence-corrected chi connectivity index (χ0v) is 12.3. The summed E-state index contributed by atoms with van der Waals surface area (Å²) < 4.78 is 0. The van der Waals surface area contributed by atoms with Crippen molar-refractivity contribution in [2.75, 3.05) is 13.1 Å². The van der Waals surface area contributed by atoms with Gasteiger partial charge in [0.15, 0.2) is 0 Å². The summed E-state index contributed by atoms with van der Waals surface area (Å²) in [4.78, 5) is 2.59. The first kappa shape index (κ1) is 13.8. The largest absolute Gasteiger partial charge is 0.311 e. The molecular formula is C18H26N2. The number of benzene rings is 1. The summed E-state index contributed by atoms with van der Waals surface area (Å²) in [6.45, 7) is 3.57. The third kappa shape index (κ3) is 3.94. The highest BCUT2D eigenvalue weighted by molar-refractivity contribution is 5.14. The molecule has 3 rings (SSSR count). The average Bonchev–Trinajstić information content (AvgIpc) is 2.51. The van der Waals surface area contributed by atoms with E-state index >= 15 is 0 Å². The normalized spacial score (nSPS) is 24.9. The predicted molar refractivity (Wildman–Crippen MR) is 84.7 cm³/mol. The molecule has 1 aliphatic heterocycles. The summed E-state index contributed by atoms with van der Waals surface area (Å²) in [7, 11) is 0. The van der Waals surface area contributed by atoms with Gasteiger partial charge < -0.3 is 5.32 Å². The fraction of sp³-hybridized carbons (Fsp3) is 0.556. The lowest BCUT2D eigenvalue weighted by Gasteiger charge is -2.35. The topological polar surface area (TPSA) is 15.3 Å². The van der Waals surface area contributed by atoms with Crippen molar-refractivity contribution < 1.29 is 0 Å². The molecule has 0 saturated carbocycles. The molecule has 1 heterocycles. The smallest absolute Gasteiger partial charge is 0.0233 e. The number of nitrogens with zero attached hydrogens (tertiary/aromatic N) is 1. The highest BCUT2D eigenvalue weighted by Gasteiger charge is 2.21. The Bertz CT molecular complexity index is 418. The van der Waals surface area contributed by atoms with E-state index in [2.05, 4.69) is 52.7 Å². The summed E-state index contributed by atoms with van der Waals surface area (Å²) in [5.41, 5.74) is 1.44. The van der Waals surface area contributed by atoms with E-state index in [0.29, 0.717) is 0 Å². The molecule has 1 N–H and O–H groups in total. The third-order valence-electron chi connectivity index (χ3n) is 4.58. The minimum absolute atomic E-state index is 0.727. The standard InChI is InChI=1S/C18H26N2/c1-3-7-16(8-4-1)15-20-13-11-18(12-14-20)19-17-9-5-2-6-10-17/h1-5,7-8,17-19H,6,9-15H2. The Morgan fingerprint density at radius 3 is 2.45 bits per heavy atom. The quantitative estimate of drug-likeness (QED) is 0.844. The molecule has 1 unspecified atom stereocenters. The first-order valence-corrected chi connectivity index (χ1v) is 8.07. The van der Waals surface area contributed by atoms with Gasteiger partial charge in [-0.1, -0.05) is 42.5 Å². The lowest BCUT2D eigenvalue weighted by atomic mass is 9.98. The van der Waals surface area contributed by atoms with Crippen molar-refractivity contribution in [2.24, 2.45) is 0 Å². The van der Waals surface area contributed by atoms with Gasteiger partial charge in [0.05, 0.1) is 0 Å². The van der Waals surface area contributed by atoms with Crippen LogP contribution in [0.3, 0.4) is 0 Å². The lowest BCUT2D eigenvalue weighted by molar-refractivity contribution is 0.182. The van der Waals surface area contributed by atoms with Gasteiger partial charge in [-0.15, -0.1) is 0 Å². The van der Waals surface area contributed by atoms with Gasteiger partial charge in [0.1, 0.15) is 0 Å². The predicted octanol–water partition coefficient (Wildman–Crippen LogP) is 3.35. The van der Waals surface area contributed by atoms with Gasteiger partial charge >= 0.3 is 0 Å². The first-order chi connectivity index (χ1) is 9.90. The SMILES string of the molecule is C1=CCC(NC2CCN(Cc3ccccc3)CC2)CC1. The number of nitrogens with one attached hydrogen (secondary N) is 1. The van der Waals surface area contributed by atoms with Crippen molar-refractivity contribution in [1.29, 1.82) is 0 Å². The number of hydrogen-bond donors (Lipinski definition) is 1. The first-order valence-electron chi connectivity index (χ1n) is 8.07. The summed E-state index contributed by atoms with van der Waals surface area (Å²) in [5, 5.41) is 3.86. The molecule has 108 valence electrons. The van der Waals surface area contributed by atoms with E-state index in [1.165, 1.54) is 50.8 Å². The van der Waals surface area contributed by atoms with Crippen molar-refractivity contribution in [3.8, 4) is 0 Å². The van der Waals surface area contributed by atoms with Crippen molar-refractivity contribution in [2.45, 2.75) is 50.7 Å². The van der Waals surface area contributed by atoms with Crippen LogP contribution in [-0.2, 0) is 6.54 Å². The minimum atomic E-state index is 0.727. The number of likely N-dealkylation sites (tertiary alicyclic amines) is 1. The Hall–Kier alpha value is -1.12. The maximum absolute atomic E-state index is 3.86. The zero-order chi connectivity index (χ0) is 13.6. The molecule has 1 aliphatic carbocycles. The van der Waals surface area contributed by atoms with E-state index in [4.69, 9.17) is 0 Å². The van der Waals surface area contributed by atoms with E-state index < -0.39 is 0 Å². The van der Waals surface area contributed by atoms with Crippen LogP contribution < -0.4 is 5.32 Å². The molecule has 1 saturated heterocycles. The molecule has 2 heteroatoms. The van der Waals surface area contributed by atoms with Crippen LogP contribution in [0.5, 0.6) is 0 Å². The maximum atomic E-state index is 3.86. The number of hydrogen-bond acceptors (Lipinski definition) is 2. The van der Waals surface area contributed by atoms with Crippen LogP contribution in [0.4, 0.5) is 0 Å². The molecule has 0 bridgehead atoms. The van der Waals surface area contributed by atoms with Crippen molar-refractivity contribution in [3.63, 3.8) is 0 Å². The lowest BCUT2D eigenvalue weighted by Crippen LogP contribution is -2.46. The molecular weight excluding hydrogens is 244 g/mol. The van der Waals surface area contributed by atoms with Crippen LogP contribution in [-0.4, -0.2) is 30.1 Å². The van der Waals surface area contributed by atoms with E-state index in [-0.39, 0.29) is 0 Å². The fourth-order valence-electron chi connectivity index (χ4n) is 3.38. The van der Waals surface area contributed by atoms with Crippen molar-refractivity contribution >= 4 is 0 Å². The van der Waals surface area contributed by atoms with Gasteiger partial charge in [-0.3, -0.25) is 4.90 Å². The number of rotatable bonds is 4. The van der Waals surface area contributed by atoms with E-state index in [0.717, 1.165) is 18.6 Å². The van der Waals surface area contributed by atoms with Crippen molar-refractivity contribution in [3.05, 3.63) is 48.0 Å². The van der Waals surface area contributed by atoms with Gasteiger partial charge in [-0.25, -0.2) is 0 Å². The molecule has 0 spiro atoms. The molecule has 1 aromatic rings. The molecule has 2 aliphatic rings. The number of allylic oxidation sites excluding steroid dienone is 1. The van der Waals surface area contributed by atoms with Crippen LogP contribution in [0.1, 0.15) is 37.7 Å². The third-order valence-corrected chi connectivity index (χ3v) is 4.58. The Morgan fingerprint density at radius 2 is 1.75 bits per heavy atom.